The van der Waals surface area contributed by atoms with Gasteiger partial charge in [0.2, 0.25) is 0 Å². The van der Waals surface area contributed by atoms with E-state index in [0.29, 0.717) is 5.56 Å². The van der Waals surface area contributed by atoms with Gasteiger partial charge in [-0.15, -0.1) is 0 Å². The predicted octanol–water partition coefficient (Wildman–Crippen LogP) is 1.10. The zero-order chi connectivity index (χ0) is 8.43. The third kappa shape index (κ3) is 1.51. The highest BCUT2D eigenvalue weighted by Crippen LogP contribution is 2.08. The van der Waals surface area contributed by atoms with Crippen LogP contribution in [0.5, 0.6) is 0 Å². The molecule has 0 aliphatic rings. The van der Waals surface area contributed by atoms with Gasteiger partial charge in [-0.25, -0.2) is 0 Å². The molecule has 4 nitrogen and oxygen atoms in total. The number of aromatic nitrogens is 2. The maximum Gasteiger partial charge on any atom is 0.178 e. The Kier molecular flexibility index (Phi) is 2.14. The highest BCUT2D eigenvalue weighted by atomic mass is 35.5. The van der Waals surface area contributed by atoms with Crippen LogP contribution in [-0.2, 0) is 7.05 Å². The van der Waals surface area contributed by atoms with E-state index in [2.05, 4.69) is 10.3 Å². The largest absolute Gasteiger partial charge is 0.410 e. The lowest BCUT2D eigenvalue weighted by Gasteiger charge is -1.88. The van der Waals surface area contributed by atoms with Gasteiger partial charge < -0.3 is 5.21 Å². The van der Waals surface area contributed by atoms with Crippen LogP contribution in [0.25, 0.3) is 0 Å². The van der Waals surface area contributed by atoms with E-state index in [1.54, 1.807) is 24.9 Å². The van der Waals surface area contributed by atoms with Gasteiger partial charge in [-0.3, -0.25) is 4.68 Å². The van der Waals surface area contributed by atoms with Crippen LogP contribution in [0.3, 0.4) is 0 Å². The summed E-state index contributed by atoms with van der Waals surface area (Å²) in [5, 5.41) is 15.3. The van der Waals surface area contributed by atoms with Gasteiger partial charge in [0.1, 0.15) is 0 Å². The van der Waals surface area contributed by atoms with Crippen LogP contribution < -0.4 is 0 Å². The number of oxime groups is 1. The maximum absolute atomic E-state index is 8.34. The van der Waals surface area contributed by atoms with Crippen molar-refractivity contribution in [2.75, 3.05) is 0 Å². The monoisotopic (exact) mass is 173 g/mol. The molecule has 60 valence electrons. The van der Waals surface area contributed by atoms with E-state index in [-0.39, 0.29) is 5.17 Å². The highest BCUT2D eigenvalue weighted by molar-refractivity contribution is 6.69. The summed E-state index contributed by atoms with van der Waals surface area (Å²) < 4.78 is 1.61. The Hall–Kier alpha value is -1.03. The Labute approximate surface area is 69.1 Å². The summed E-state index contributed by atoms with van der Waals surface area (Å²) >= 11 is 5.56. The van der Waals surface area contributed by atoms with E-state index in [9.17, 15) is 0 Å². The van der Waals surface area contributed by atoms with Crippen LogP contribution >= 0.6 is 11.6 Å². The Morgan fingerprint density at radius 1 is 1.82 bits per heavy atom. The van der Waals surface area contributed by atoms with E-state index >= 15 is 0 Å². The van der Waals surface area contributed by atoms with Gasteiger partial charge in [-0.05, 0) is 6.92 Å². The molecule has 0 atom stereocenters. The molecule has 0 radical (unpaired) electrons. The fourth-order valence-corrected chi connectivity index (χ4v) is 1.04. The lowest BCUT2D eigenvalue weighted by molar-refractivity contribution is 0.321. The second-order valence-corrected chi connectivity index (χ2v) is 2.55. The lowest BCUT2D eigenvalue weighted by atomic mass is 10.3. The predicted molar refractivity (Wildman–Crippen MR) is 42.1 cm³/mol. The molecule has 1 N–H and O–H groups in total. The van der Waals surface area contributed by atoms with Crippen LogP contribution in [0.1, 0.15) is 11.3 Å². The highest BCUT2D eigenvalue weighted by Gasteiger charge is 2.07. The first kappa shape index (κ1) is 8.07. The molecule has 0 bridgehead atoms. The van der Waals surface area contributed by atoms with Gasteiger partial charge in [0, 0.05) is 13.2 Å². The zero-order valence-corrected chi connectivity index (χ0v) is 7.00. The number of nitrogens with zero attached hydrogens (tertiary/aromatic N) is 3. The second kappa shape index (κ2) is 2.92. The minimum Gasteiger partial charge on any atom is -0.410 e. The molecule has 1 heterocycles. The fraction of sp³-hybridized carbons (Fsp3) is 0.333. The summed E-state index contributed by atoms with van der Waals surface area (Å²) in [4.78, 5) is 0. The summed E-state index contributed by atoms with van der Waals surface area (Å²) in [6.45, 7) is 1.79. The third-order valence-electron chi connectivity index (χ3n) is 1.32. The standard InChI is InChI=1S/C6H8ClN3O/c1-4-5(6(7)9-11)3-10(2)8-4/h3,11H,1-2H3/b9-6-. The normalized spacial score (nSPS) is 12.1. The molecular weight excluding hydrogens is 166 g/mol. The smallest absolute Gasteiger partial charge is 0.178 e. The van der Waals surface area contributed by atoms with Gasteiger partial charge in [-0.2, -0.15) is 5.10 Å². The average molecular weight is 174 g/mol. The van der Waals surface area contributed by atoms with E-state index in [1.807, 2.05) is 0 Å². The quantitative estimate of drug-likeness (QED) is 0.393. The van der Waals surface area contributed by atoms with Crippen LogP contribution in [0, 0.1) is 6.92 Å². The van der Waals surface area contributed by atoms with Crippen molar-refractivity contribution in [3.63, 3.8) is 0 Å². The first-order valence-corrected chi connectivity index (χ1v) is 3.41. The van der Waals surface area contributed by atoms with Gasteiger partial charge >= 0.3 is 0 Å². The molecular formula is C6H8ClN3O. The third-order valence-corrected chi connectivity index (χ3v) is 1.60. The summed E-state index contributed by atoms with van der Waals surface area (Å²) in [5.41, 5.74) is 1.40. The molecule has 0 spiro atoms. The fourth-order valence-electron chi connectivity index (χ4n) is 0.856. The molecule has 1 rings (SSSR count). The SMILES string of the molecule is Cc1nn(C)cc1/C(Cl)=N/O. The summed E-state index contributed by atoms with van der Waals surface area (Å²) in [6, 6.07) is 0. The molecule has 0 amide bonds. The van der Waals surface area contributed by atoms with Gasteiger partial charge in [-0.1, -0.05) is 16.8 Å². The van der Waals surface area contributed by atoms with Crippen molar-refractivity contribution in [3.8, 4) is 0 Å². The average Bonchev–Trinajstić information content (AvgIpc) is 2.28. The Morgan fingerprint density at radius 2 is 2.45 bits per heavy atom. The summed E-state index contributed by atoms with van der Waals surface area (Å²) in [5.74, 6) is 0. The number of aryl methyl sites for hydroxylation is 2. The first-order valence-electron chi connectivity index (χ1n) is 3.03. The van der Waals surface area contributed by atoms with Crippen molar-refractivity contribution >= 4 is 16.8 Å². The number of halogens is 1. The van der Waals surface area contributed by atoms with Gasteiger partial charge in [0.25, 0.3) is 0 Å². The topological polar surface area (TPSA) is 50.4 Å². The minimum atomic E-state index is 0.0654. The molecule has 11 heavy (non-hydrogen) atoms. The Bertz CT molecular complexity index is 292. The molecule has 1 aromatic heterocycles. The summed E-state index contributed by atoms with van der Waals surface area (Å²) in [7, 11) is 1.78. The van der Waals surface area contributed by atoms with E-state index in [4.69, 9.17) is 16.8 Å². The molecule has 0 aromatic carbocycles. The number of rotatable bonds is 1. The van der Waals surface area contributed by atoms with Gasteiger partial charge in [0.05, 0.1) is 11.3 Å². The van der Waals surface area contributed by atoms with E-state index < -0.39 is 0 Å². The van der Waals surface area contributed by atoms with Crippen molar-refractivity contribution in [2.24, 2.45) is 12.2 Å². The van der Waals surface area contributed by atoms with Crippen LogP contribution in [0.4, 0.5) is 0 Å². The van der Waals surface area contributed by atoms with Gasteiger partial charge in [0.15, 0.2) is 5.17 Å². The van der Waals surface area contributed by atoms with Crippen LogP contribution in [-0.4, -0.2) is 20.2 Å². The number of hydrogen-bond acceptors (Lipinski definition) is 3. The lowest BCUT2D eigenvalue weighted by Crippen LogP contribution is -1.90. The Morgan fingerprint density at radius 3 is 2.82 bits per heavy atom. The summed E-state index contributed by atoms with van der Waals surface area (Å²) in [6.07, 6.45) is 1.69. The maximum atomic E-state index is 8.34. The van der Waals surface area contributed by atoms with Crippen molar-refractivity contribution in [1.29, 1.82) is 0 Å². The molecule has 0 fully saturated rings. The minimum absolute atomic E-state index is 0.0654. The molecule has 0 unspecified atom stereocenters. The molecule has 5 heteroatoms. The molecule has 1 aromatic rings. The van der Waals surface area contributed by atoms with Crippen molar-refractivity contribution in [1.82, 2.24) is 9.78 Å². The van der Waals surface area contributed by atoms with Crippen molar-refractivity contribution in [2.45, 2.75) is 6.92 Å². The van der Waals surface area contributed by atoms with Crippen molar-refractivity contribution in [3.05, 3.63) is 17.5 Å². The van der Waals surface area contributed by atoms with Crippen LogP contribution in [0.15, 0.2) is 11.4 Å². The van der Waals surface area contributed by atoms with E-state index in [0.717, 1.165) is 5.69 Å². The first-order chi connectivity index (χ1) is 5.15. The molecule has 0 saturated carbocycles. The van der Waals surface area contributed by atoms with Crippen molar-refractivity contribution < 1.29 is 5.21 Å². The molecule has 0 aliphatic carbocycles. The second-order valence-electron chi connectivity index (χ2n) is 2.19. The molecule has 0 aliphatic heterocycles. The van der Waals surface area contributed by atoms with E-state index in [1.165, 1.54) is 0 Å². The zero-order valence-electron chi connectivity index (χ0n) is 6.24. The Balaban J connectivity index is 3.13. The number of hydrogen-bond donors (Lipinski definition) is 1. The molecule has 0 saturated heterocycles. The van der Waals surface area contributed by atoms with Crippen LogP contribution in [0.2, 0.25) is 0 Å².